The molecular weight excluding hydrogens is 362 g/mol. The molecule has 8 nitrogen and oxygen atoms in total. The highest BCUT2D eigenvalue weighted by molar-refractivity contribution is 8.00. The van der Waals surface area contributed by atoms with E-state index in [4.69, 9.17) is 9.26 Å². The molecule has 0 atom stereocenters. The van der Waals surface area contributed by atoms with Crippen LogP contribution < -0.4 is 10.1 Å². The van der Waals surface area contributed by atoms with Crippen LogP contribution in [0.25, 0.3) is 11.4 Å². The summed E-state index contributed by atoms with van der Waals surface area (Å²) in [5.41, 5.74) is 0.739. The standard InChI is InChI=1S/C15H15N5O3S2/c1-22-10-6-4-3-5-9(10)13-17-12(23-20-13)8-7-11(21)16-14-18-19-15(24-2)25-14/h3-6H,7-8H2,1-2H3,(H,16,18,21). The minimum atomic E-state index is -0.180. The second-order valence-corrected chi connectivity index (χ2v) is 6.87. The van der Waals surface area contributed by atoms with Gasteiger partial charge in [-0.3, -0.25) is 4.79 Å². The summed E-state index contributed by atoms with van der Waals surface area (Å²) in [6.45, 7) is 0. The van der Waals surface area contributed by atoms with Crippen molar-refractivity contribution in [1.82, 2.24) is 20.3 Å². The summed E-state index contributed by atoms with van der Waals surface area (Å²) >= 11 is 2.81. The van der Waals surface area contributed by atoms with Crippen molar-refractivity contribution in [2.75, 3.05) is 18.7 Å². The van der Waals surface area contributed by atoms with Crippen LogP contribution in [0.5, 0.6) is 5.75 Å². The average molecular weight is 377 g/mol. The van der Waals surface area contributed by atoms with Gasteiger partial charge in [0, 0.05) is 12.8 Å². The van der Waals surface area contributed by atoms with Crippen LogP contribution in [0.1, 0.15) is 12.3 Å². The summed E-state index contributed by atoms with van der Waals surface area (Å²) in [7, 11) is 1.58. The number of carbonyl (C=O) groups excluding carboxylic acids is 1. The second kappa shape index (κ2) is 8.08. The third kappa shape index (κ3) is 4.34. The van der Waals surface area contributed by atoms with Crippen LogP contribution in [0.4, 0.5) is 5.13 Å². The number of amides is 1. The first-order chi connectivity index (χ1) is 12.2. The summed E-state index contributed by atoms with van der Waals surface area (Å²) < 4.78 is 11.3. The molecule has 0 aliphatic rings. The number of aryl methyl sites for hydroxylation is 1. The highest BCUT2D eigenvalue weighted by atomic mass is 32.2. The lowest BCUT2D eigenvalue weighted by molar-refractivity contribution is -0.116. The Morgan fingerprint density at radius 3 is 2.96 bits per heavy atom. The summed E-state index contributed by atoms with van der Waals surface area (Å²) in [4.78, 5) is 16.3. The van der Waals surface area contributed by atoms with Crippen molar-refractivity contribution in [2.24, 2.45) is 0 Å². The maximum Gasteiger partial charge on any atom is 0.227 e. The number of para-hydroxylation sites is 1. The predicted octanol–water partition coefficient (Wildman–Crippen LogP) is 2.89. The molecule has 1 amide bonds. The molecule has 0 fully saturated rings. The van der Waals surface area contributed by atoms with Crippen molar-refractivity contribution < 1.29 is 14.1 Å². The number of aromatic nitrogens is 4. The summed E-state index contributed by atoms with van der Waals surface area (Å²) in [5.74, 6) is 1.30. The molecule has 0 bridgehead atoms. The molecule has 0 saturated carbocycles. The minimum absolute atomic E-state index is 0.180. The molecule has 10 heteroatoms. The molecule has 0 aliphatic heterocycles. The third-order valence-electron chi connectivity index (χ3n) is 3.21. The normalized spacial score (nSPS) is 10.6. The Kier molecular flexibility index (Phi) is 5.61. The van der Waals surface area contributed by atoms with Gasteiger partial charge in [-0.15, -0.1) is 10.2 Å². The highest BCUT2D eigenvalue weighted by Crippen LogP contribution is 2.27. The lowest BCUT2D eigenvalue weighted by atomic mass is 10.2. The molecule has 0 spiro atoms. The Hall–Kier alpha value is -2.46. The molecule has 3 aromatic rings. The van der Waals surface area contributed by atoms with E-state index in [1.54, 1.807) is 7.11 Å². The average Bonchev–Trinajstić information content (AvgIpc) is 3.29. The lowest BCUT2D eigenvalue weighted by Gasteiger charge is -2.03. The molecule has 3 rings (SSSR count). The van der Waals surface area contributed by atoms with Crippen LogP contribution >= 0.6 is 23.1 Å². The van der Waals surface area contributed by atoms with Gasteiger partial charge in [-0.05, 0) is 18.4 Å². The number of rotatable bonds is 7. The fourth-order valence-electron chi connectivity index (χ4n) is 2.04. The Morgan fingerprint density at radius 1 is 1.36 bits per heavy atom. The van der Waals surface area contributed by atoms with Gasteiger partial charge in [-0.2, -0.15) is 4.98 Å². The number of hydrogen-bond acceptors (Lipinski definition) is 9. The molecule has 1 aromatic carbocycles. The third-order valence-corrected chi connectivity index (χ3v) is 5.02. The van der Waals surface area contributed by atoms with E-state index < -0.39 is 0 Å². The molecule has 0 aliphatic carbocycles. The van der Waals surface area contributed by atoms with E-state index in [1.165, 1.54) is 23.1 Å². The maximum atomic E-state index is 12.0. The number of ether oxygens (including phenoxy) is 1. The molecule has 1 N–H and O–H groups in total. The lowest BCUT2D eigenvalue weighted by Crippen LogP contribution is -2.12. The molecule has 2 aromatic heterocycles. The van der Waals surface area contributed by atoms with Crippen molar-refractivity contribution >= 4 is 34.1 Å². The first kappa shape index (κ1) is 17.4. The Balaban J connectivity index is 1.59. The molecule has 0 saturated heterocycles. The first-order valence-electron chi connectivity index (χ1n) is 7.33. The van der Waals surface area contributed by atoms with Gasteiger partial charge >= 0.3 is 0 Å². The molecule has 25 heavy (non-hydrogen) atoms. The van der Waals surface area contributed by atoms with E-state index in [1.807, 2.05) is 30.5 Å². The molecule has 130 valence electrons. The fraction of sp³-hybridized carbons (Fsp3) is 0.267. The van der Waals surface area contributed by atoms with Crippen molar-refractivity contribution in [3.8, 4) is 17.1 Å². The smallest absolute Gasteiger partial charge is 0.227 e. The zero-order valence-electron chi connectivity index (χ0n) is 13.6. The van der Waals surface area contributed by atoms with Gasteiger partial charge < -0.3 is 14.6 Å². The topological polar surface area (TPSA) is 103 Å². The number of methoxy groups -OCH3 is 1. The minimum Gasteiger partial charge on any atom is -0.496 e. The number of benzene rings is 1. The monoisotopic (exact) mass is 377 g/mol. The van der Waals surface area contributed by atoms with Crippen molar-refractivity contribution in [3.05, 3.63) is 30.2 Å². The van der Waals surface area contributed by atoms with E-state index in [-0.39, 0.29) is 12.3 Å². The largest absolute Gasteiger partial charge is 0.496 e. The van der Waals surface area contributed by atoms with Gasteiger partial charge in [0.05, 0.1) is 12.7 Å². The SMILES string of the molecule is COc1ccccc1-c1noc(CCC(=O)Nc2nnc(SC)s2)n1. The van der Waals surface area contributed by atoms with Gasteiger partial charge in [0.2, 0.25) is 22.8 Å². The Labute approximate surface area is 152 Å². The van der Waals surface area contributed by atoms with Gasteiger partial charge in [-0.1, -0.05) is 40.4 Å². The van der Waals surface area contributed by atoms with Gasteiger partial charge in [-0.25, -0.2) is 0 Å². The number of thioether (sulfide) groups is 1. The number of nitrogens with one attached hydrogen (secondary N) is 1. The molecule has 0 radical (unpaired) electrons. The predicted molar refractivity (Wildman–Crippen MR) is 94.9 cm³/mol. The van der Waals surface area contributed by atoms with Crippen LogP contribution in [0, 0.1) is 0 Å². The number of carbonyl (C=O) groups is 1. The van der Waals surface area contributed by atoms with E-state index in [0.717, 1.165) is 9.90 Å². The number of hydrogen-bond donors (Lipinski definition) is 1. The van der Waals surface area contributed by atoms with Crippen LogP contribution in [0.15, 0.2) is 33.1 Å². The van der Waals surface area contributed by atoms with Crippen molar-refractivity contribution in [1.29, 1.82) is 0 Å². The molecule has 2 heterocycles. The van der Waals surface area contributed by atoms with E-state index in [0.29, 0.717) is 29.0 Å². The highest BCUT2D eigenvalue weighted by Gasteiger charge is 2.14. The summed E-state index contributed by atoms with van der Waals surface area (Å²) in [5, 5.41) is 15.0. The zero-order valence-corrected chi connectivity index (χ0v) is 15.2. The molecule has 0 unspecified atom stereocenters. The maximum absolute atomic E-state index is 12.0. The number of nitrogens with zero attached hydrogens (tertiary/aromatic N) is 4. The van der Waals surface area contributed by atoms with Gasteiger partial charge in [0.15, 0.2) is 4.34 Å². The van der Waals surface area contributed by atoms with Gasteiger partial charge in [0.1, 0.15) is 5.75 Å². The van der Waals surface area contributed by atoms with E-state index >= 15 is 0 Å². The van der Waals surface area contributed by atoms with E-state index in [9.17, 15) is 4.79 Å². The summed E-state index contributed by atoms with van der Waals surface area (Å²) in [6.07, 6.45) is 2.45. The Morgan fingerprint density at radius 2 is 2.20 bits per heavy atom. The molecular formula is C15H15N5O3S2. The van der Waals surface area contributed by atoms with Crippen LogP contribution in [-0.4, -0.2) is 39.6 Å². The first-order valence-corrected chi connectivity index (χ1v) is 9.37. The zero-order chi connectivity index (χ0) is 17.6. The summed E-state index contributed by atoms with van der Waals surface area (Å²) in [6, 6.07) is 7.40. The van der Waals surface area contributed by atoms with Crippen molar-refractivity contribution in [3.63, 3.8) is 0 Å². The number of anilines is 1. The van der Waals surface area contributed by atoms with Crippen LogP contribution in [0.3, 0.4) is 0 Å². The second-order valence-electron chi connectivity index (χ2n) is 4.84. The quantitative estimate of drug-likeness (QED) is 0.495. The fourth-order valence-corrected chi connectivity index (χ4v) is 3.23. The van der Waals surface area contributed by atoms with Gasteiger partial charge in [0.25, 0.3) is 0 Å². The van der Waals surface area contributed by atoms with Crippen LogP contribution in [-0.2, 0) is 11.2 Å². The van der Waals surface area contributed by atoms with E-state index in [2.05, 4.69) is 25.7 Å². The van der Waals surface area contributed by atoms with Crippen molar-refractivity contribution in [2.45, 2.75) is 17.2 Å². The Bertz CT molecular complexity index is 864. The van der Waals surface area contributed by atoms with Crippen LogP contribution in [0.2, 0.25) is 0 Å².